The van der Waals surface area contributed by atoms with E-state index in [9.17, 15) is 9.59 Å². The summed E-state index contributed by atoms with van der Waals surface area (Å²) in [6, 6.07) is 0.246. The first-order valence-corrected chi connectivity index (χ1v) is 7.94. The highest BCUT2D eigenvalue weighted by Gasteiger charge is 2.54. The van der Waals surface area contributed by atoms with Crippen molar-refractivity contribution in [1.82, 2.24) is 10.2 Å². The van der Waals surface area contributed by atoms with Gasteiger partial charge >= 0.3 is 0 Å². The van der Waals surface area contributed by atoms with Crippen molar-refractivity contribution in [3.05, 3.63) is 0 Å². The molecule has 3 rings (SSSR count). The predicted octanol–water partition coefficient (Wildman–Crippen LogP) is 2.08. The normalized spacial score (nSPS) is 37.8. The van der Waals surface area contributed by atoms with Crippen LogP contribution in [0.1, 0.15) is 59.3 Å². The Labute approximate surface area is 121 Å². The minimum Gasteiger partial charge on any atom is -0.340 e. The molecule has 1 N–H and O–H groups in total. The van der Waals surface area contributed by atoms with Crippen LogP contribution in [0.2, 0.25) is 0 Å². The van der Waals surface area contributed by atoms with Crippen LogP contribution in [0, 0.1) is 11.3 Å². The number of rotatable bonds is 2. The van der Waals surface area contributed by atoms with Gasteiger partial charge in [-0.2, -0.15) is 0 Å². The lowest BCUT2D eigenvalue weighted by Gasteiger charge is -2.47. The molecule has 2 saturated carbocycles. The maximum Gasteiger partial charge on any atom is 0.249 e. The molecule has 4 heteroatoms. The largest absolute Gasteiger partial charge is 0.340 e. The predicted molar refractivity (Wildman–Crippen MR) is 77.0 cm³/mol. The number of hydrogen-bond donors (Lipinski definition) is 1. The SMILES string of the molecule is CC1(C)CCCC(N2CC(=O)NC(C)(C3CC3)C2=O)C1. The second-order valence-corrected chi connectivity index (χ2v) is 7.87. The Bertz CT molecular complexity index is 442. The van der Waals surface area contributed by atoms with Crippen molar-refractivity contribution in [3.8, 4) is 0 Å². The lowest BCUT2D eigenvalue weighted by Crippen LogP contribution is -2.68. The minimum absolute atomic E-state index is 0.0161. The summed E-state index contributed by atoms with van der Waals surface area (Å²) < 4.78 is 0. The average Bonchev–Trinajstić information content (AvgIpc) is 3.16. The zero-order valence-corrected chi connectivity index (χ0v) is 12.9. The van der Waals surface area contributed by atoms with Crippen LogP contribution in [0.5, 0.6) is 0 Å². The summed E-state index contributed by atoms with van der Waals surface area (Å²) >= 11 is 0. The summed E-state index contributed by atoms with van der Waals surface area (Å²) in [4.78, 5) is 26.8. The van der Waals surface area contributed by atoms with E-state index in [2.05, 4.69) is 19.2 Å². The molecule has 1 aliphatic heterocycles. The van der Waals surface area contributed by atoms with E-state index < -0.39 is 5.54 Å². The van der Waals surface area contributed by atoms with Crippen molar-refractivity contribution >= 4 is 11.8 Å². The van der Waals surface area contributed by atoms with Crippen LogP contribution < -0.4 is 5.32 Å². The highest BCUT2D eigenvalue weighted by Crippen LogP contribution is 2.43. The summed E-state index contributed by atoms with van der Waals surface area (Å²) in [7, 11) is 0. The van der Waals surface area contributed by atoms with Gasteiger partial charge in [0.15, 0.2) is 0 Å². The molecule has 1 heterocycles. The molecule has 3 fully saturated rings. The molecule has 0 spiro atoms. The Morgan fingerprint density at radius 1 is 1.15 bits per heavy atom. The second-order valence-electron chi connectivity index (χ2n) is 7.87. The molecular formula is C16H26N2O2. The highest BCUT2D eigenvalue weighted by atomic mass is 16.2. The van der Waals surface area contributed by atoms with Crippen LogP contribution in [0.3, 0.4) is 0 Å². The molecule has 2 unspecified atom stereocenters. The fraction of sp³-hybridized carbons (Fsp3) is 0.875. The molecule has 20 heavy (non-hydrogen) atoms. The van der Waals surface area contributed by atoms with Gasteiger partial charge in [0.05, 0.1) is 6.54 Å². The molecule has 1 saturated heterocycles. The van der Waals surface area contributed by atoms with E-state index in [0.717, 1.165) is 32.1 Å². The van der Waals surface area contributed by atoms with Crippen molar-refractivity contribution in [1.29, 1.82) is 0 Å². The maximum absolute atomic E-state index is 12.9. The molecular weight excluding hydrogens is 252 g/mol. The van der Waals surface area contributed by atoms with Crippen LogP contribution >= 0.6 is 0 Å². The Morgan fingerprint density at radius 3 is 2.45 bits per heavy atom. The van der Waals surface area contributed by atoms with Gasteiger partial charge < -0.3 is 10.2 Å². The van der Waals surface area contributed by atoms with Crippen molar-refractivity contribution in [3.63, 3.8) is 0 Å². The number of amides is 2. The second kappa shape index (κ2) is 4.47. The van der Waals surface area contributed by atoms with Gasteiger partial charge in [0, 0.05) is 6.04 Å². The minimum atomic E-state index is -0.642. The molecule has 0 radical (unpaired) electrons. The van der Waals surface area contributed by atoms with Crippen LogP contribution in [0.15, 0.2) is 0 Å². The lowest BCUT2D eigenvalue weighted by atomic mass is 9.74. The van der Waals surface area contributed by atoms with Crippen molar-refractivity contribution < 1.29 is 9.59 Å². The van der Waals surface area contributed by atoms with Crippen molar-refractivity contribution in [2.24, 2.45) is 11.3 Å². The monoisotopic (exact) mass is 278 g/mol. The topological polar surface area (TPSA) is 49.4 Å². The van der Waals surface area contributed by atoms with Gasteiger partial charge in [-0.3, -0.25) is 9.59 Å². The number of hydrogen-bond acceptors (Lipinski definition) is 2. The highest BCUT2D eigenvalue weighted by molar-refractivity contribution is 5.98. The van der Waals surface area contributed by atoms with E-state index in [4.69, 9.17) is 0 Å². The third-order valence-electron chi connectivity index (χ3n) is 5.43. The Morgan fingerprint density at radius 2 is 1.85 bits per heavy atom. The van der Waals surface area contributed by atoms with Gasteiger partial charge in [0.25, 0.3) is 0 Å². The first kappa shape index (κ1) is 13.9. The first-order chi connectivity index (χ1) is 9.32. The molecule has 0 aromatic rings. The molecule has 2 aliphatic carbocycles. The maximum atomic E-state index is 12.9. The van der Waals surface area contributed by atoms with E-state index in [1.807, 2.05) is 11.8 Å². The zero-order chi connectivity index (χ0) is 14.5. The number of carbonyl (C=O) groups is 2. The van der Waals surface area contributed by atoms with Gasteiger partial charge in [-0.05, 0) is 50.4 Å². The van der Waals surface area contributed by atoms with Gasteiger partial charge in [-0.15, -0.1) is 0 Å². The standard InChI is InChI=1S/C16H26N2O2/c1-15(2)8-4-5-12(9-15)18-10-13(19)17-16(3,14(18)20)11-6-7-11/h11-12H,4-10H2,1-3H3,(H,17,19). The Balaban J connectivity index is 1.81. The fourth-order valence-electron chi connectivity index (χ4n) is 4.06. The molecule has 2 atom stereocenters. The van der Waals surface area contributed by atoms with Crippen molar-refractivity contribution in [2.75, 3.05) is 6.54 Å². The quantitative estimate of drug-likeness (QED) is 0.841. The summed E-state index contributed by atoms with van der Waals surface area (Å²) in [5.74, 6) is 0.517. The number of nitrogens with zero attached hydrogens (tertiary/aromatic N) is 1. The van der Waals surface area contributed by atoms with E-state index >= 15 is 0 Å². The van der Waals surface area contributed by atoms with Gasteiger partial charge in [-0.25, -0.2) is 0 Å². The molecule has 0 bridgehead atoms. The van der Waals surface area contributed by atoms with Crippen LogP contribution in [0.25, 0.3) is 0 Å². The van der Waals surface area contributed by atoms with Gasteiger partial charge in [-0.1, -0.05) is 20.3 Å². The average molecular weight is 278 g/mol. The lowest BCUT2D eigenvalue weighted by molar-refractivity contribution is -0.154. The van der Waals surface area contributed by atoms with Gasteiger partial charge in [0.1, 0.15) is 5.54 Å². The molecule has 4 nitrogen and oxygen atoms in total. The summed E-state index contributed by atoms with van der Waals surface area (Å²) in [6.45, 7) is 6.72. The molecule has 2 amide bonds. The van der Waals surface area contributed by atoms with Gasteiger partial charge in [0.2, 0.25) is 11.8 Å². The smallest absolute Gasteiger partial charge is 0.249 e. The Hall–Kier alpha value is -1.06. The Kier molecular flexibility index (Phi) is 3.11. The fourth-order valence-corrected chi connectivity index (χ4v) is 4.06. The molecule has 112 valence electrons. The number of carbonyl (C=O) groups excluding carboxylic acids is 2. The van der Waals surface area contributed by atoms with Crippen LogP contribution in [-0.2, 0) is 9.59 Å². The van der Waals surface area contributed by atoms with E-state index in [1.165, 1.54) is 6.42 Å². The summed E-state index contributed by atoms with van der Waals surface area (Å²) in [5.41, 5.74) is -0.357. The summed E-state index contributed by atoms with van der Waals surface area (Å²) in [6.07, 6.45) is 6.57. The van der Waals surface area contributed by atoms with E-state index in [1.54, 1.807) is 0 Å². The third-order valence-corrected chi connectivity index (χ3v) is 5.43. The zero-order valence-electron chi connectivity index (χ0n) is 12.9. The molecule has 0 aromatic carbocycles. The molecule has 0 aromatic heterocycles. The molecule has 3 aliphatic rings. The van der Waals surface area contributed by atoms with Crippen LogP contribution in [0.4, 0.5) is 0 Å². The number of nitrogens with one attached hydrogen (secondary N) is 1. The summed E-state index contributed by atoms with van der Waals surface area (Å²) in [5, 5.41) is 2.96. The number of piperazine rings is 1. The van der Waals surface area contributed by atoms with Crippen molar-refractivity contribution in [2.45, 2.75) is 70.9 Å². The van der Waals surface area contributed by atoms with Crippen LogP contribution in [-0.4, -0.2) is 34.8 Å². The van der Waals surface area contributed by atoms with E-state index in [-0.39, 0.29) is 29.8 Å². The third kappa shape index (κ3) is 2.33. The van der Waals surface area contributed by atoms with E-state index in [0.29, 0.717) is 5.92 Å². The first-order valence-electron chi connectivity index (χ1n) is 7.94.